The fourth-order valence-corrected chi connectivity index (χ4v) is 3.91. The smallest absolute Gasteiger partial charge is 0.145 e. The molecule has 1 aliphatic heterocycles. The highest BCUT2D eigenvalue weighted by Crippen LogP contribution is 2.32. The van der Waals surface area contributed by atoms with Crippen LogP contribution in [0.15, 0.2) is 48.5 Å². The zero-order chi connectivity index (χ0) is 20.1. The number of hydrogen-bond acceptors (Lipinski definition) is 4. The van der Waals surface area contributed by atoms with E-state index in [2.05, 4.69) is 28.2 Å². The van der Waals surface area contributed by atoms with Gasteiger partial charge in [0, 0.05) is 12.1 Å². The SMILES string of the molecule is CCOc1ccccc1-n1nc(CCc2ccc(OC)cc2)c2c1NCCCC2. The number of methoxy groups -OCH3 is 1. The molecule has 1 aromatic heterocycles. The van der Waals surface area contributed by atoms with E-state index in [0.717, 1.165) is 48.8 Å². The average Bonchev–Trinajstić information content (AvgIpc) is 2.93. The zero-order valence-electron chi connectivity index (χ0n) is 17.3. The summed E-state index contributed by atoms with van der Waals surface area (Å²) in [7, 11) is 1.70. The summed E-state index contributed by atoms with van der Waals surface area (Å²) in [6, 6.07) is 16.5. The molecule has 2 heterocycles. The summed E-state index contributed by atoms with van der Waals surface area (Å²) in [5.41, 5.74) is 4.82. The van der Waals surface area contributed by atoms with Crippen molar-refractivity contribution in [1.29, 1.82) is 0 Å². The fraction of sp³-hybridized carbons (Fsp3) is 0.375. The van der Waals surface area contributed by atoms with Crippen LogP contribution in [-0.4, -0.2) is 30.0 Å². The van der Waals surface area contributed by atoms with Crippen LogP contribution in [0.5, 0.6) is 11.5 Å². The van der Waals surface area contributed by atoms with Crippen LogP contribution < -0.4 is 14.8 Å². The number of nitrogens with zero attached hydrogens (tertiary/aromatic N) is 2. The molecule has 0 amide bonds. The van der Waals surface area contributed by atoms with Crippen LogP contribution in [0.25, 0.3) is 5.69 Å². The van der Waals surface area contributed by atoms with Crippen molar-refractivity contribution >= 4 is 5.82 Å². The Morgan fingerprint density at radius 1 is 1.03 bits per heavy atom. The van der Waals surface area contributed by atoms with E-state index in [1.54, 1.807) is 7.11 Å². The van der Waals surface area contributed by atoms with Crippen LogP contribution in [0.2, 0.25) is 0 Å². The second kappa shape index (κ2) is 9.03. The van der Waals surface area contributed by atoms with Gasteiger partial charge in [-0.25, -0.2) is 4.68 Å². The van der Waals surface area contributed by atoms with E-state index in [0.29, 0.717) is 6.61 Å². The van der Waals surface area contributed by atoms with E-state index in [1.165, 1.54) is 29.7 Å². The molecule has 0 unspecified atom stereocenters. The third kappa shape index (κ3) is 4.24. The molecule has 1 aliphatic rings. The summed E-state index contributed by atoms with van der Waals surface area (Å²) in [4.78, 5) is 0. The molecular formula is C24H29N3O2. The van der Waals surface area contributed by atoms with E-state index >= 15 is 0 Å². The Labute approximate surface area is 172 Å². The summed E-state index contributed by atoms with van der Waals surface area (Å²) in [5.74, 6) is 2.89. The van der Waals surface area contributed by atoms with Gasteiger partial charge in [-0.3, -0.25) is 0 Å². The van der Waals surface area contributed by atoms with Gasteiger partial charge >= 0.3 is 0 Å². The van der Waals surface area contributed by atoms with Crippen molar-refractivity contribution in [2.24, 2.45) is 0 Å². The molecule has 0 fully saturated rings. The summed E-state index contributed by atoms with van der Waals surface area (Å²) < 4.78 is 13.2. The Hall–Kier alpha value is -2.95. The van der Waals surface area contributed by atoms with Gasteiger partial charge < -0.3 is 14.8 Å². The summed E-state index contributed by atoms with van der Waals surface area (Å²) in [6.07, 6.45) is 5.31. The Morgan fingerprint density at radius 3 is 2.66 bits per heavy atom. The van der Waals surface area contributed by atoms with Crippen LogP contribution in [0.3, 0.4) is 0 Å². The maximum atomic E-state index is 5.87. The van der Waals surface area contributed by atoms with Crippen LogP contribution in [0.4, 0.5) is 5.82 Å². The highest BCUT2D eigenvalue weighted by atomic mass is 16.5. The normalized spacial score (nSPS) is 13.3. The molecule has 5 heteroatoms. The molecule has 5 nitrogen and oxygen atoms in total. The molecule has 2 aromatic carbocycles. The van der Waals surface area contributed by atoms with Crippen LogP contribution in [0.1, 0.15) is 36.6 Å². The predicted octanol–water partition coefficient (Wildman–Crippen LogP) is 4.81. The molecule has 0 bridgehead atoms. The maximum Gasteiger partial charge on any atom is 0.145 e. The van der Waals surface area contributed by atoms with Gasteiger partial charge in [-0.05, 0) is 68.9 Å². The molecule has 0 saturated carbocycles. The standard InChI is InChI=1S/C24H29N3O2/c1-3-29-23-10-5-4-9-22(23)27-24-20(8-6-7-17-25-24)21(26-27)16-13-18-11-14-19(28-2)15-12-18/h4-5,9-12,14-15,25H,3,6-8,13,16-17H2,1-2H3. The second-order valence-corrected chi connectivity index (χ2v) is 7.32. The van der Waals surface area contributed by atoms with Gasteiger partial charge in [-0.2, -0.15) is 5.10 Å². The first-order valence-electron chi connectivity index (χ1n) is 10.5. The highest BCUT2D eigenvalue weighted by molar-refractivity contribution is 5.58. The minimum atomic E-state index is 0.637. The van der Waals surface area contributed by atoms with Crippen molar-refractivity contribution in [3.8, 4) is 17.2 Å². The lowest BCUT2D eigenvalue weighted by atomic mass is 10.0. The van der Waals surface area contributed by atoms with Crippen molar-refractivity contribution in [1.82, 2.24) is 9.78 Å². The van der Waals surface area contributed by atoms with Crippen molar-refractivity contribution < 1.29 is 9.47 Å². The Kier molecular flexibility index (Phi) is 6.03. The third-order valence-electron chi connectivity index (χ3n) is 5.42. The maximum absolute atomic E-state index is 5.87. The van der Waals surface area contributed by atoms with Crippen molar-refractivity contribution in [2.45, 2.75) is 39.0 Å². The number of fused-ring (bicyclic) bond motifs is 1. The quantitative estimate of drug-likeness (QED) is 0.628. The number of para-hydroxylation sites is 2. The average molecular weight is 392 g/mol. The topological polar surface area (TPSA) is 48.3 Å². The van der Waals surface area contributed by atoms with Gasteiger partial charge in [0.25, 0.3) is 0 Å². The lowest BCUT2D eigenvalue weighted by Crippen LogP contribution is -2.08. The third-order valence-corrected chi connectivity index (χ3v) is 5.42. The van der Waals surface area contributed by atoms with Gasteiger partial charge in [0.15, 0.2) is 0 Å². The van der Waals surface area contributed by atoms with E-state index in [9.17, 15) is 0 Å². The fourth-order valence-electron chi connectivity index (χ4n) is 3.91. The first-order chi connectivity index (χ1) is 14.3. The van der Waals surface area contributed by atoms with Crippen LogP contribution >= 0.6 is 0 Å². The number of hydrogen-bond donors (Lipinski definition) is 1. The van der Waals surface area contributed by atoms with Crippen LogP contribution in [0, 0.1) is 0 Å². The number of rotatable bonds is 7. The van der Waals surface area contributed by atoms with Gasteiger partial charge in [-0.1, -0.05) is 24.3 Å². The van der Waals surface area contributed by atoms with Crippen molar-refractivity contribution in [3.05, 3.63) is 65.4 Å². The molecule has 0 spiro atoms. The second-order valence-electron chi connectivity index (χ2n) is 7.32. The van der Waals surface area contributed by atoms with E-state index in [1.807, 2.05) is 37.3 Å². The molecule has 0 aliphatic carbocycles. The lowest BCUT2D eigenvalue weighted by molar-refractivity contribution is 0.338. The molecule has 1 N–H and O–H groups in total. The number of aromatic nitrogens is 2. The largest absolute Gasteiger partial charge is 0.497 e. The van der Waals surface area contributed by atoms with E-state index in [-0.39, 0.29) is 0 Å². The number of nitrogens with one attached hydrogen (secondary N) is 1. The van der Waals surface area contributed by atoms with Gasteiger partial charge in [-0.15, -0.1) is 0 Å². The minimum absolute atomic E-state index is 0.637. The predicted molar refractivity (Wildman–Crippen MR) is 117 cm³/mol. The lowest BCUT2D eigenvalue weighted by Gasteiger charge is -2.13. The zero-order valence-corrected chi connectivity index (χ0v) is 17.3. The first-order valence-corrected chi connectivity index (χ1v) is 10.5. The van der Waals surface area contributed by atoms with Gasteiger partial charge in [0.1, 0.15) is 23.0 Å². The Morgan fingerprint density at radius 2 is 1.86 bits per heavy atom. The molecule has 0 radical (unpaired) electrons. The molecule has 3 aromatic rings. The first kappa shape index (κ1) is 19.4. The monoisotopic (exact) mass is 391 g/mol. The molecule has 0 atom stereocenters. The minimum Gasteiger partial charge on any atom is -0.497 e. The summed E-state index contributed by atoms with van der Waals surface area (Å²) in [5, 5.41) is 8.67. The number of ether oxygens (including phenoxy) is 2. The Bertz CT molecular complexity index is 947. The number of aryl methyl sites for hydroxylation is 2. The number of benzene rings is 2. The van der Waals surface area contributed by atoms with Crippen molar-refractivity contribution in [3.63, 3.8) is 0 Å². The molecule has 0 saturated heterocycles. The van der Waals surface area contributed by atoms with E-state index < -0.39 is 0 Å². The number of anilines is 1. The van der Waals surface area contributed by atoms with Crippen LogP contribution in [-0.2, 0) is 19.3 Å². The molecule has 29 heavy (non-hydrogen) atoms. The highest BCUT2D eigenvalue weighted by Gasteiger charge is 2.22. The summed E-state index contributed by atoms with van der Waals surface area (Å²) >= 11 is 0. The summed E-state index contributed by atoms with van der Waals surface area (Å²) in [6.45, 7) is 3.63. The molecular weight excluding hydrogens is 362 g/mol. The van der Waals surface area contributed by atoms with E-state index in [4.69, 9.17) is 14.6 Å². The molecule has 4 rings (SSSR count). The van der Waals surface area contributed by atoms with Gasteiger partial charge in [0.05, 0.1) is 19.4 Å². The molecule has 152 valence electrons. The van der Waals surface area contributed by atoms with Crippen molar-refractivity contribution in [2.75, 3.05) is 25.6 Å². The van der Waals surface area contributed by atoms with Gasteiger partial charge in [0.2, 0.25) is 0 Å². The Balaban J connectivity index is 1.66.